The van der Waals surface area contributed by atoms with Crippen LogP contribution in [-0.4, -0.2) is 57.0 Å². The smallest absolute Gasteiger partial charge is 0.372 e. The van der Waals surface area contributed by atoms with E-state index in [9.17, 15) is 19.5 Å². The molecule has 1 aromatic heterocycles. The summed E-state index contributed by atoms with van der Waals surface area (Å²) < 4.78 is 5.14. The number of aromatic nitrogens is 1. The summed E-state index contributed by atoms with van der Waals surface area (Å²) >= 11 is 0. The van der Waals surface area contributed by atoms with Gasteiger partial charge in [0.2, 0.25) is 11.7 Å². The summed E-state index contributed by atoms with van der Waals surface area (Å²) in [5, 5.41) is 13.8. The molecule has 0 radical (unpaired) electrons. The van der Waals surface area contributed by atoms with Gasteiger partial charge in [-0.15, -0.1) is 0 Å². The van der Waals surface area contributed by atoms with Crippen molar-refractivity contribution in [3.63, 3.8) is 0 Å². The van der Waals surface area contributed by atoms with Crippen LogP contribution in [0.15, 0.2) is 24.4 Å². The fourth-order valence-electron chi connectivity index (χ4n) is 3.02. The van der Waals surface area contributed by atoms with Crippen molar-refractivity contribution in [3.8, 4) is 0 Å². The summed E-state index contributed by atoms with van der Waals surface area (Å²) in [7, 11) is 0. The van der Waals surface area contributed by atoms with Crippen molar-refractivity contribution in [3.05, 3.63) is 35.5 Å². The Morgan fingerprint density at radius 1 is 1.33 bits per heavy atom. The molecule has 1 aromatic carbocycles. The number of nitrogens with zero attached hydrogens (tertiary/aromatic N) is 1. The normalized spacial score (nSPS) is 12.8. The van der Waals surface area contributed by atoms with Gasteiger partial charge < -0.3 is 20.1 Å². The van der Waals surface area contributed by atoms with Crippen LogP contribution in [0.25, 0.3) is 10.9 Å². The first-order chi connectivity index (χ1) is 14.2. The number of ether oxygens (including phenoxy) is 1. The van der Waals surface area contributed by atoms with Crippen LogP contribution in [-0.2, 0) is 25.5 Å². The highest BCUT2D eigenvalue weighted by Gasteiger charge is 2.27. The van der Waals surface area contributed by atoms with E-state index in [0.717, 1.165) is 28.2 Å². The molecule has 9 nitrogen and oxygen atoms in total. The first-order valence-corrected chi connectivity index (χ1v) is 9.69. The number of carbonyl (C=O) groups is 3. The Kier molecular flexibility index (Phi) is 8.03. The number of Topliss-reactive ketones (excluding diaryl/α,β-unsaturated/α-hetero) is 1. The Morgan fingerprint density at radius 3 is 2.73 bits per heavy atom. The zero-order chi connectivity index (χ0) is 22.3. The summed E-state index contributed by atoms with van der Waals surface area (Å²) in [5.41, 5.74) is 9.41. The highest BCUT2D eigenvalue weighted by atomic mass is 16.5. The number of carbonyl (C=O) groups excluding carboxylic acids is 3. The minimum atomic E-state index is -1.38. The molecule has 0 aliphatic carbocycles. The highest BCUT2D eigenvalue weighted by molar-refractivity contribution is 6.25. The molecule has 2 aromatic rings. The van der Waals surface area contributed by atoms with E-state index < -0.39 is 35.9 Å². The van der Waals surface area contributed by atoms with Gasteiger partial charge in [0.25, 0.3) is 0 Å². The van der Waals surface area contributed by atoms with E-state index in [1.165, 1.54) is 0 Å². The van der Waals surface area contributed by atoms with Crippen molar-refractivity contribution < 1.29 is 29.0 Å². The molecule has 2 rings (SSSR count). The molecule has 0 aliphatic heterocycles. The number of aryl methyl sites for hydroxylation is 1. The third-order valence-electron chi connectivity index (χ3n) is 4.48. The Labute approximate surface area is 174 Å². The van der Waals surface area contributed by atoms with Gasteiger partial charge in [-0.05, 0) is 44.9 Å². The molecule has 0 unspecified atom stereocenters. The van der Waals surface area contributed by atoms with Crippen LogP contribution >= 0.6 is 0 Å². The molecule has 0 saturated carbocycles. The van der Waals surface area contributed by atoms with Gasteiger partial charge in [-0.25, -0.2) is 4.79 Å². The van der Waals surface area contributed by atoms with E-state index in [0.29, 0.717) is 0 Å². The molecule has 30 heavy (non-hydrogen) atoms. The number of aromatic amines is 1. The summed E-state index contributed by atoms with van der Waals surface area (Å²) in [6, 6.07) is 4.76. The number of rotatable bonds is 10. The largest absolute Gasteiger partial charge is 0.461 e. The lowest BCUT2D eigenvalue weighted by Gasteiger charge is -2.20. The van der Waals surface area contributed by atoms with Crippen LogP contribution in [0, 0.1) is 12.5 Å². The summed E-state index contributed by atoms with van der Waals surface area (Å²) in [5.74, 6) is -1.87. The second-order valence-electron chi connectivity index (χ2n) is 7.39. The van der Waals surface area contributed by atoms with Gasteiger partial charge in [-0.3, -0.25) is 9.59 Å². The maximum Gasteiger partial charge on any atom is 0.372 e. The number of esters is 1. The fraction of sp³-hybridized carbons (Fsp3) is 0.429. The van der Waals surface area contributed by atoms with Crippen LogP contribution in [0.2, 0.25) is 0 Å². The van der Waals surface area contributed by atoms with Crippen molar-refractivity contribution in [2.24, 2.45) is 0 Å². The van der Waals surface area contributed by atoms with E-state index in [1.54, 1.807) is 20.0 Å². The summed E-state index contributed by atoms with van der Waals surface area (Å²) in [6.45, 7) is 5.29. The number of ketones is 1. The molecule has 1 amide bonds. The number of aliphatic hydroxyl groups is 1. The molecule has 160 valence electrons. The van der Waals surface area contributed by atoms with Crippen molar-refractivity contribution in [1.29, 1.82) is 5.53 Å². The van der Waals surface area contributed by atoms with Crippen LogP contribution in [0.5, 0.6) is 0 Å². The van der Waals surface area contributed by atoms with E-state index in [-0.39, 0.29) is 19.3 Å². The molecular formula is C21H27N4O5+. The average Bonchev–Trinajstić information content (AvgIpc) is 3.06. The SMILES string of the molecule is Cc1ccc2[nH]cc(C[C@H](O)C(=O)N[C@@H](CCC(=O)C=[N+]=N)C(=O)OC(C)C)c2c1. The zero-order valence-corrected chi connectivity index (χ0v) is 17.3. The molecule has 1 heterocycles. The first kappa shape index (κ1) is 23.0. The maximum atomic E-state index is 12.5. The summed E-state index contributed by atoms with van der Waals surface area (Å²) in [4.78, 5) is 42.4. The molecule has 0 saturated heterocycles. The van der Waals surface area contributed by atoms with Gasteiger partial charge in [-0.1, -0.05) is 11.6 Å². The summed E-state index contributed by atoms with van der Waals surface area (Å²) in [6.07, 6.45) is 0.724. The van der Waals surface area contributed by atoms with Crippen LogP contribution in [0.1, 0.15) is 37.8 Å². The van der Waals surface area contributed by atoms with Gasteiger partial charge >= 0.3 is 12.2 Å². The Balaban J connectivity index is 2.08. The number of H-pyrrole nitrogens is 1. The second kappa shape index (κ2) is 10.5. The third kappa shape index (κ3) is 6.37. The van der Waals surface area contributed by atoms with Crippen LogP contribution in [0.3, 0.4) is 0 Å². The average molecular weight is 415 g/mol. The van der Waals surface area contributed by atoms with E-state index in [1.807, 2.05) is 25.1 Å². The Morgan fingerprint density at radius 2 is 2.07 bits per heavy atom. The van der Waals surface area contributed by atoms with Gasteiger partial charge in [-0.2, -0.15) is 0 Å². The standard InChI is InChI=1S/C21H26N4O5/c1-12(2)30-21(29)18(7-5-15(26)11-24-22)25-20(28)19(27)9-14-10-23-17-6-4-13(3)8-16(14)17/h4,6,8,10-12,18-19,22-23,27H,5,7,9H2,1-3H3/p+1/t18-,19-/m0/s1. The topological polar surface area (TPSA) is 146 Å². The van der Waals surface area contributed by atoms with Crippen LogP contribution in [0.4, 0.5) is 0 Å². The molecule has 0 aliphatic rings. The molecule has 0 bridgehead atoms. The van der Waals surface area contributed by atoms with Crippen molar-refractivity contribution >= 4 is 34.8 Å². The number of nitrogens with one attached hydrogen (secondary N) is 3. The second-order valence-corrected chi connectivity index (χ2v) is 7.39. The van der Waals surface area contributed by atoms with Crippen molar-refractivity contribution in [1.82, 2.24) is 10.3 Å². The predicted octanol–water partition coefficient (Wildman–Crippen LogP) is 1.48. The quantitative estimate of drug-likeness (QED) is 0.201. The maximum absolute atomic E-state index is 12.5. The minimum absolute atomic E-state index is 0.0266. The van der Waals surface area contributed by atoms with E-state index in [2.05, 4.69) is 15.1 Å². The highest BCUT2D eigenvalue weighted by Crippen LogP contribution is 2.21. The number of fused-ring (bicyclic) bond motifs is 1. The predicted molar refractivity (Wildman–Crippen MR) is 109 cm³/mol. The minimum Gasteiger partial charge on any atom is -0.461 e. The number of amides is 1. The molecular weight excluding hydrogens is 388 g/mol. The van der Waals surface area contributed by atoms with Crippen molar-refractivity contribution in [2.45, 2.75) is 58.3 Å². The molecule has 0 spiro atoms. The number of hydrogen-bond acceptors (Lipinski definition) is 6. The van der Waals surface area contributed by atoms with E-state index in [4.69, 9.17) is 10.3 Å². The monoisotopic (exact) mass is 415 g/mol. The zero-order valence-electron chi connectivity index (χ0n) is 17.3. The van der Waals surface area contributed by atoms with E-state index >= 15 is 0 Å². The molecule has 9 heteroatoms. The number of benzene rings is 1. The van der Waals surface area contributed by atoms with Gasteiger partial charge in [0.15, 0.2) is 0 Å². The lowest BCUT2D eigenvalue weighted by molar-refractivity contribution is -0.152. The van der Waals surface area contributed by atoms with Gasteiger partial charge in [0.05, 0.1) is 16.4 Å². The lowest BCUT2D eigenvalue weighted by Crippen LogP contribution is -2.47. The Bertz CT molecular complexity index is 975. The lowest BCUT2D eigenvalue weighted by atomic mass is 10.0. The fourth-order valence-corrected chi connectivity index (χ4v) is 3.02. The van der Waals surface area contributed by atoms with Crippen LogP contribution < -0.4 is 5.32 Å². The molecule has 0 fully saturated rings. The Hall–Kier alpha value is -3.29. The van der Waals surface area contributed by atoms with Crippen molar-refractivity contribution in [2.75, 3.05) is 0 Å². The molecule has 2 atom stereocenters. The number of aliphatic hydroxyl groups excluding tert-OH is 1. The molecule has 4 N–H and O–H groups in total. The number of hydrogen-bond donors (Lipinski definition) is 4. The van der Waals surface area contributed by atoms with Gasteiger partial charge in [0.1, 0.15) is 12.1 Å². The third-order valence-corrected chi connectivity index (χ3v) is 4.48. The first-order valence-electron chi connectivity index (χ1n) is 9.69. The van der Waals surface area contributed by atoms with Gasteiger partial charge in [0, 0.05) is 29.9 Å².